The molecule has 0 spiro atoms. The Morgan fingerprint density at radius 2 is 2.09 bits per heavy atom. The summed E-state index contributed by atoms with van der Waals surface area (Å²) in [5, 5.41) is 0. The van der Waals surface area contributed by atoms with Crippen molar-refractivity contribution in [2.75, 3.05) is 13.2 Å². The predicted octanol–water partition coefficient (Wildman–Crippen LogP) is 1.71. The van der Waals surface area contributed by atoms with E-state index in [1.165, 1.54) is 0 Å². The number of rotatable bonds is 5. The van der Waals surface area contributed by atoms with Crippen molar-refractivity contribution in [2.45, 2.75) is 32.8 Å². The normalized spacial score (nSPS) is 11.6. The Hall–Kier alpha value is -0.340. The highest BCUT2D eigenvalue weighted by Gasteiger charge is 2.14. The van der Waals surface area contributed by atoms with Crippen molar-refractivity contribution < 1.29 is 4.74 Å². The average Bonchev–Trinajstić information content (AvgIpc) is 2.00. The largest absolute Gasteiger partial charge is 0.371 e. The first-order valence-electron chi connectivity index (χ1n) is 4.02. The van der Waals surface area contributed by atoms with Gasteiger partial charge in [0.2, 0.25) is 0 Å². The van der Waals surface area contributed by atoms with Crippen LogP contribution in [0.1, 0.15) is 27.2 Å². The molecule has 0 aliphatic rings. The van der Waals surface area contributed by atoms with Gasteiger partial charge in [0.15, 0.2) is 0 Å². The third-order valence-electron chi connectivity index (χ3n) is 1.81. The Morgan fingerprint density at radius 1 is 1.55 bits per heavy atom. The van der Waals surface area contributed by atoms with E-state index in [4.69, 9.17) is 10.5 Å². The standard InChI is InChI=1S/C9H19NO/c1-5-9(3,4)11-7-8(2)6-10/h2,5-7,10H2,1,3-4H3. The van der Waals surface area contributed by atoms with Gasteiger partial charge in [-0.1, -0.05) is 13.5 Å². The van der Waals surface area contributed by atoms with Crippen LogP contribution in [0.2, 0.25) is 0 Å². The zero-order chi connectivity index (χ0) is 8.91. The summed E-state index contributed by atoms with van der Waals surface area (Å²) in [5.41, 5.74) is 6.27. The summed E-state index contributed by atoms with van der Waals surface area (Å²) in [6.45, 7) is 11.1. The summed E-state index contributed by atoms with van der Waals surface area (Å²) in [6, 6.07) is 0. The van der Waals surface area contributed by atoms with Crippen LogP contribution in [0.15, 0.2) is 12.2 Å². The number of nitrogens with two attached hydrogens (primary N) is 1. The molecule has 0 unspecified atom stereocenters. The van der Waals surface area contributed by atoms with Crippen LogP contribution in [0.25, 0.3) is 0 Å². The Balaban J connectivity index is 3.61. The summed E-state index contributed by atoms with van der Waals surface area (Å²) < 4.78 is 5.55. The fraction of sp³-hybridized carbons (Fsp3) is 0.778. The van der Waals surface area contributed by atoms with Crippen LogP contribution in [0.5, 0.6) is 0 Å². The SMILES string of the molecule is C=C(CN)COC(C)(C)CC. The molecular weight excluding hydrogens is 138 g/mol. The van der Waals surface area contributed by atoms with E-state index in [2.05, 4.69) is 27.4 Å². The van der Waals surface area contributed by atoms with Crippen molar-refractivity contribution in [3.05, 3.63) is 12.2 Å². The first-order valence-corrected chi connectivity index (χ1v) is 4.02. The summed E-state index contributed by atoms with van der Waals surface area (Å²) >= 11 is 0. The number of ether oxygens (including phenoxy) is 1. The molecule has 0 saturated heterocycles. The van der Waals surface area contributed by atoms with Crippen LogP contribution in [-0.4, -0.2) is 18.8 Å². The minimum absolute atomic E-state index is 0.0435. The van der Waals surface area contributed by atoms with Crippen molar-refractivity contribution in [1.82, 2.24) is 0 Å². The van der Waals surface area contributed by atoms with Crippen molar-refractivity contribution in [3.63, 3.8) is 0 Å². The quantitative estimate of drug-likeness (QED) is 0.616. The zero-order valence-electron chi connectivity index (χ0n) is 7.81. The van der Waals surface area contributed by atoms with E-state index in [1.807, 2.05) is 0 Å². The molecule has 0 aromatic carbocycles. The summed E-state index contributed by atoms with van der Waals surface area (Å²) in [5.74, 6) is 0. The summed E-state index contributed by atoms with van der Waals surface area (Å²) in [4.78, 5) is 0. The maximum atomic E-state index is 5.55. The first-order chi connectivity index (χ1) is 5.02. The van der Waals surface area contributed by atoms with Gasteiger partial charge in [0.25, 0.3) is 0 Å². The van der Waals surface area contributed by atoms with Gasteiger partial charge in [-0.2, -0.15) is 0 Å². The number of hydrogen-bond donors (Lipinski definition) is 1. The predicted molar refractivity (Wildman–Crippen MR) is 48.5 cm³/mol. The van der Waals surface area contributed by atoms with E-state index in [0.29, 0.717) is 13.2 Å². The number of hydrogen-bond acceptors (Lipinski definition) is 2. The molecule has 0 heterocycles. The average molecular weight is 157 g/mol. The molecule has 0 bridgehead atoms. The first kappa shape index (κ1) is 10.7. The lowest BCUT2D eigenvalue weighted by Gasteiger charge is -2.23. The van der Waals surface area contributed by atoms with Gasteiger partial charge >= 0.3 is 0 Å². The molecule has 0 radical (unpaired) electrons. The Labute approximate surface area is 69.4 Å². The molecule has 0 aliphatic heterocycles. The fourth-order valence-electron chi connectivity index (χ4n) is 0.458. The molecular formula is C9H19NO. The lowest BCUT2D eigenvalue weighted by atomic mass is 10.1. The van der Waals surface area contributed by atoms with Gasteiger partial charge in [-0.25, -0.2) is 0 Å². The van der Waals surface area contributed by atoms with Crippen molar-refractivity contribution >= 4 is 0 Å². The lowest BCUT2D eigenvalue weighted by Crippen LogP contribution is -2.25. The van der Waals surface area contributed by atoms with Gasteiger partial charge in [0, 0.05) is 6.54 Å². The minimum atomic E-state index is -0.0435. The van der Waals surface area contributed by atoms with Gasteiger partial charge in [0.05, 0.1) is 12.2 Å². The van der Waals surface area contributed by atoms with E-state index in [1.54, 1.807) is 0 Å². The molecule has 11 heavy (non-hydrogen) atoms. The van der Waals surface area contributed by atoms with Crippen LogP contribution in [0, 0.1) is 0 Å². The van der Waals surface area contributed by atoms with E-state index in [-0.39, 0.29) is 5.60 Å². The topological polar surface area (TPSA) is 35.2 Å². The van der Waals surface area contributed by atoms with E-state index in [0.717, 1.165) is 12.0 Å². The Morgan fingerprint density at radius 3 is 2.45 bits per heavy atom. The smallest absolute Gasteiger partial charge is 0.0693 e. The summed E-state index contributed by atoms with van der Waals surface area (Å²) in [6.07, 6.45) is 1.00. The van der Waals surface area contributed by atoms with Gasteiger partial charge in [0.1, 0.15) is 0 Å². The molecule has 0 aromatic heterocycles. The van der Waals surface area contributed by atoms with E-state index in [9.17, 15) is 0 Å². The van der Waals surface area contributed by atoms with E-state index >= 15 is 0 Å². The molecule has 66 valence electrons. The molecule has 0 fully saturated rings. The highest BCUT2D eigenvalue weighted by Crippen LogP contribution is 2.13. The molecule has 0 amide bonds. The highest BCUT2D eigenvalue weighted by molar-refractivity contribution is 4.96. The lowest BCUT2D eigenvalue weighted by molar-refractivity contribution is -0.00716. The van der Waals surface area contributed by atoms with Crippen LogP contribution < -0.4 is 5.73 Å². The molecule has 2 nitrogen and oxygen atoms in total. The van der Waals surface area contributed by atoms with Crippen molar-refractivity contribution in [1.29, 1.82) is 0 Å². The summed E-state index contributed by atoms with van der Waals surface area (Å²) in [7, 11) is 0. The van der Waals surface area contributed by atoms with Gasteiger partial charge < -0.3 is 10.5 Å². The minimum Gasteiger partial charge on any atom is -0.371 e. The van der Waals surface area contributed by atoms with Crippen LogP contribution in [-0.2, 0) is 4.74 Å². The Bertz CT molecular complexity index is 130. The highest BCUT2D eigenvalue weighted by atomic mass is 16.5. The monoisotopic (exact) mass is 157 g/mol. The molecule has 0 atom stereocenters. The van der Waals surface area contributed by atoms with E-state index < -0.39 is 0 Å². The molecule has 2 heteroatoms. The molecule has 0 saturated carbocycles. The van der Waals surface area contributed by atoms with Crippen LogP contribution in [0.3, 0.4) is 0 Å². The van der Waals surface area contributed by atoms with Gasteiger partial charge in [-0.3, -0.25) is 0 Å². The van der Waals surface area contributed by atoms with Crippen molar-refractivity contribution in [2.24, 2.45) is 5.73 Å². The molecule has 2 N–H and O–H groups in total. The maximum absolute atomic E-state index is 5.55. The fourth-order valence-corrected chi connectivity index (χ4v) is 0.458. The maximum Gasteiger partial charge on any atom is 0.0693 e. The third kappa shape index (κ3) is 4.99. The zero-order valence-corrected chi connectivity index (χ0v) is 7.81. The van der Waals surface area contributed by atoms with Crippen LogP contribution >= 0.6 is 0 Å². The second-order valence-electron chi connectivity index (χ2n) is 3.36. The molecule has 0 aromatic rings. The second kappa shape index (κ2) is 4.52. The Kier molecular flexibility index (Phi) is 4.38. The van der Waals surface area contributed by atoms with Gasteiger partial charge in [-0.15, -0.1) is 0 Å². The third-order valence-corrected chi connectivity index (χ3v) is 1.81. The van der Waals surface area contributed by atoms with Gasteiger partial charge in [-0.05, 0) is 25.8 Å². The molecule has 0 aliphatic carbocycles. The van der Waals surface area contributed by atoms with Crippen molar-refractivity contribution in [3.8, 4) is 0 Å². The van der Waals surface area contributed by atoms with Crippen LogP contribution in [0.4, 0.5) is 0 Å². The second-order valence-corrected chi connectivity index (χ2v) is 3.36. The molecule has 0 rings (SSSR count).